The number of rotatable bonds is 10. The number of carbonyl (C=O) groups excluding carboxylic acids is 5. The molecule has 1 aliphatic rings. The summed E-state index contributed by atoms with van der Waals surface area (Å²) in [6.07, 6.45) is -1.45. The standard InChI is InChI=1S/C32H42N4O7/c1-21(33-31(41)42-20-25-15-11-8-12-16-25)27(37)34-23(3)36-18-17-35(22(2)30(40)43-32(4,5)6)28(38)26(29(36)39)19-24-13-9-7-10-14-24/h7-16,21-23,26H,17-20H2,1-6H3,(H,33,41)(H,34,37)/t21-,22?,23+,26?/m0/s1. The van der Waals surface area contributed by atoms with Gasteiger partial charge in [0.25, 0.3) is 0 Å². The van der Waals surface area contributed by atoms with E-state index in [1.807, 2.05) is 60.7 Å². The van der Waals surface area contributed by atoms with Gasteiger partial charge in [0.1, 0.15) is 36.4 Å². The number of nitrogens with one attached hydrogen (secondary N) is 2. The Morgan fingerprint density at radius 1 is 0.837 bits per heavy atom. The number of carbonyl (C=O) groups is 5. The van der Waals surface area contributed by atoms with E-state index in [2.05, 4.69) is 10.6 Å². The molecule has 0 aliphatic carbocycles. The maximum absolute atomic E-state index is 13.8. The molecule has 1 aliphatic heterocycles. The maximum Gasteiger partial charge on any atom is 0.408 e. The van der Waals surface area contributed by atoms with Crippen molar-refractivity contribution < 1.29 is 33.4 Å². The summed E-state index contributed by atoms with van der Waals surface area (Å²) in [5, 5.41) is 5.25. The van der Waals surface area contributed by atoms with Crippen molar-refractivity contribution in [3.63, 3.8) is 0 Å². The minimum absolute atomic E-state index is 0.0503. The van der Waals surface area contributed by atoms with Crippen LogP contribution >= 0.6 is 0 Å². The fraction of sp³-hybridized carbons (Fsp3) is 0.469. The third-order valence-electron chi connectivity index (χ3n) is 7.00. The number of esters is 1. The van der Waals surface area contributed by atoms with Crippen LogP contribution in [-0.4, -0.2) is 76.5 Å². The Morgan fingerprint density at radius 3 is 1.95 bits per heavy atom. The number of hydrogen-bond acceptors (Lipinski definition) is 7. The van der Waals surface area contributed by atoms with Gasteiger partial charge in [0.2, 0.25) is 17.7 Å². The van der Waals surface area contributed by atoms with Crippen molar-refractivity contribution in [2.24, 2.45) is 5.92 Å². The maximum atomic E-state index is 13.8. The molecule has 1 saturated heterocycles. The van der Waals surface area contributed by atoms with Gasteiger partial charge in [-0.1, -0.05) is 60.7 Å². The Bertz CT molecular complexity index is 1280. The van der Waals surface area contributed by atoms with Crippen LogP contribution in [0.1, 0.15) is 52.7 Å². The first-order valence-corrected chi connectivity index (χ1v) is 14.4. The molecule has 2 N–H and O–H groups in total. The molecule has 0 radical (unpaired) electrons. The smallest absolute Gasteiger partial charge is 0.408 e. The van der Waals surface area contributed by atoms with E-state index in [1.165, 1.54) is 16.7 Å². The summed E-state index contributed by atoms with van der Waals surface area (Å²) in [6, 6.07) is 16.4. The third-order valence-corrected chi connectivity index (χ3v) is 7.00. The summed E-state index contributed by atoms with van der Waals surface area (Å²) >= 11 is 0. The van der Waals surface area contributed by atoms with Crippen molar-refractivity contribution >= 4 is 29.8 Å². The largest absolute Gasteiger partial charge is 0.458 e. The molecule has 3 rings (SSSR count). The molecule has 0 aromatic heterocycles. The van der Waals surface area contributed by atoms with Gasteiger partial charge in [-0.3, -0.25) is 14.4 Å². The van der Waals surface area contributed by atoms with E-state index in [-0.39, 0.29) is 26.1 Å². The summed E-state index contributed by atoms with van der Waals surface area (Å²) < 4.78 is 10.7. The number of amides is 4. The number of ether oxygens (including phenoxy) is 2. The fourth-order valence-corrected chi connectivity index (χ4v) is 4.67. The van der Waals surface area contributed by atoms with Crippen LogP contribution in [0.25, 0.3) is 0 Å². The van der Waals surface area contributed by atoms with E-state index in [0.29, 0.717) is 0 Å². The highest BCUT2D eigenvalue weighted by Gasteiger charge is 2.42. The molecule has 0 spiro atoms. The summed E-state index contributed by atoms with van der Waals surface area (Å²) in [5.74, 6) is -3.17. The van der Waals surface area contributed by atoms with E-state index >= 15 is 0 Å². The molecule has 232 valence electrons. The molecule has 4 atom stereocenters. The highest BCUT2D eigenvalue weighted by Crippen LogP contribution is 2.22. The molecular formula is C32H42N4O7. The lowest BCUT2D eigenvalue weighted by molar-refractivity contribution is -0.165. The van der Waals surface area contributed by atoms with Crippen LogP contribution in [0.3, 0.4) is 0 Å². The number of nitrogens with zero attached hydrogens (tertiary/aromatic N) is 2. The summed E-state index contributed by atoms with van der Waals surface area (Å²) in [5.41, 5.74) is 0.838. The lowest BCUT2D eigenvalue weighted by Gasteiger charge is -2.31. The fourth-order valence-electron chi connectivity index (χ4n) is 4.67. The molecule has 4 amide bonds. The van der Waals surface area contributed by atoms with Crippen LogP contribution in [0.5, 0.6) is 0 Å². The van der Waals surface area contributed by atoms with Crippen molar-refractivity contribution in [3.8, 4) is 0 Å². The second-order valence-corrected chi connectivity index (χ2v) is 11.6. The molecule has 2 aromatic carbocycles. The summed E-state index contributed by atoms with van der Waals surface area (Å²) in [7, 11) is 0. The Hall–Kier alpha value is -4.41. The highest BCUT2D eigenvalue weighted by molar-refractivity contribution is 6.02. The Balaban J connectivity index is 1.71. The second kappa shape index (κ2) is 14.7. The topological polar surface area (TPSA) is 134 Å². The van der Waals surface area contributed by atoms with Crippen molar-refractivity contribution in [2.45, 2.75) is 78.4 Å². The third kappa shape index (κ3) is 9.56. The Morgan fingerprint density at radius 2 is 1.37 bits per heavy atom. The average Bonchev–Trinajstić information content (AvgIpc) is 3.07. The van der Waals surface area contributed by atoms with Crippen molar-refractivity contribution in [2.75, 3.05) is 13.1 Å². The first-order chi connectivity index (χ1) is 20.3. The quantitative estimate of drug-likeness (QED) is 0.319. The van der Waals surface area contributed by atoms with E-state index in [1.54, 1.807) is 34.6 Å². The molecule has 2 aromatic rings. The van der Waals surface area contributed by atoms with Gasteiger partial charge < -0.3 is 29.9 Å². The molecular weight excluding hydrogens is 552 g/mol. The number of hydrogen-bond donors (Lipinski definition) is 2. The predicted molar refractivity (Wildman–Crippen MR) is 159 cm³/mol. The van der Waals surface area contributed by atoms with Gasteiger partial charge in [0.05, 0.1) is 0 Å². The van der Waals surface area contributed by atoms with E-state index < -0.39 is 59.6 Å². The zero-order valence-corrected chi connectivity index (χ0v) is 25.7. The Kier molecular flexibility index (Phi) is 11.3. The van der Waals surface area contributed by atoms with E-state index in [9.17, 15) is 24.0 Å². The monoisotopic (exact) mass is 594 g/mol. The van der Waals surface area contributed by atoms with Gasteiger partial charge in [0, 0.05) is 13.1 Å². The number of alkyl carbamates (subject to hydrolysis) is 1. The first kappa shape index (κ1) is 33.1. The van der Waals surface area contributed by atoms with Gasteiger partial charge in [-0.15, -0.1) is 0 Å². The van der Waals surface area contributed by atoms with Gasteiger partial charge in [0.15, 0.2) is 0 Å². The van der Waals surface area contributed by atoms with Crippen LogP contribution in [0.15, 0.2) is 60.7 Å². The summed E-state index contributed by atoms with van der Waals surface area (Å²) in [4.78, 5) is 68.5. The lowest BCUT2D eigenvalue weighted by Crippen LogP contribution is -2.55. The minimum atomic E-state index is -1.11. The van der Waals surface area contributed by atoms with Crippen LogP contribution in [0, 0.1) is 5.92 Å². The molecule has 0 saturated carbocycles. The number of benzene rings is 2. The summed E-state index contributed by atoms with van der Waals surface area (Å²) in [6.45, 7) is 10.1. The van der Waals surface area contributed by atoms with Gasteiger partial charge in [-0.25, -0.2) is 9.59 Å². The molecule has 43 heavy (non-hydrogen) atoms. The second-order valence-electron chi connectivity index (χ2n) is 11.6. The first-order valence-electron chi connectivity index (χ1n) is 14.4. The Labute approximate surface area is 252 Å². The molecule has 11 heteroatoms. The predicted octanol–water partition coefficient (Wildman–Crippen LogP) is 3.02. The SMILES string of the molecule is CC(C(=O)OC(C)(C)C)N1CCN([C@H](C)NC(=O)[C@H](C)NC(=O)OCc2ccccc2)C(=O)C(Cc2ccccc2)C1=O. The molecule has 0 bridgehead atoms. The van der Waals surface area contributed by atoms with Crippen LogP contribution in [-0.2, 0) is 41.7 Å². The zero-order valence-electron chi connectivity index (χ0n) is 25.7. The van der Waals surface area contributed by atoms with Gasteiger partial charge in [-0.05, 0) is 59.1 Å². The molecule has 1 heterocycles. The van der Waals surface area contributed by atoms with Crippen molar-refractivity contribution in [3.05, 3.63) is 71.8 Å². The van der Waals surface area contributed by atoms with Crippen LogP contribution in [0.2, 0.25) is 0 Å². The lowest BCUT2D eigenvalue weighted by atomic mass is 9.96. The van der Waals surface area contributed by atoms with Crippen molar-refractivity contribution in [1.29, 1.82) is 0 Å². The van der Waals surface area contributed by atoms with Gasteiger partial charge in [-0.2, -0.15) is 0 Å². The van der Waals surface area contributed by atoms with Gasteiger partial charge >= 0.3 is 12.1 Å². The molecule has 1 fully saturated rings. The molecule has 11 nitrogen and oxygen atoms in total. The van der Waals surface area contributed by atoms with Crippen molar-refractivity contribution in [1.82, 2.24) is 20.4 Å². The van der Waals surface area contributed by atoms with E-state index in [4.69, 9.17) is 9.47 Å². The average molecular weight is 595 g/mol. The van der Waals surface area contributed by atoms with E-state index in [0.717, 1.165) is 11.1 Å². The minimum Gasteiger partial charge on any atom is -0.458 e. The zero-order chi connectivity index (χ0) is 31.7. The normalized spacial score (nSPS) is 17.8. The van der Waals surface area contributed by atoms with Crippen LogP contribution in [0.4, 0.5) is 4.79 Å². The highest BCUT2D eigenvalue weighted by atomic mass is 16.6. The van der Waals surface area contributed by atoms with Crippen LogP contribution < -0.4 is 10.6 Å². The molecule has 2 unspecified atom stereocenters.